The highest BCUT2D eigenvalue weighted by atomic mass is 79.9. The number of nitrogens with zero attached hydrogens (tertiary/aromatic N) is 2. The molecule has 1 aliphatic heterocycles. The molecule has 1 heterocycles. The summed E-state index contributed by atoms with van der Waals surface area (Å²) in [5.41, 5.74) is 1.04. The Bertz CT molecular complexity index is 1130. The summed E-state index contributed by atoms with van der Waals surface area (Å²) in [6.45, 7) is 2.72. The number of unbranched alkanes of at least 4 members (excludes halogenated alkanes) is 1. The summed E-state index contributed by atoms with van der Waals surface area (Å²) in [4.78, 5) is 20.5. The van der Waals surface area contributed by atoms with Crippen molar-refractivity contribution in [3.8, 4) is 11.5 Å². The van der Waals surface area contributed by atoms with Gasteiger partial charge in [-0.05, 0) is 66.9 Å². The van der Waals surface area contributed by atoms with E-state index in [0.29, 0.717) is 28.2 Å². The minimum absolute atomic E-state index is 0.0764. The second kappa shape index (κ2) is 12.1. The van der Waals surface area contributed by atoms with Gasteiger partial charge in [-0.2, -0.15) is 0 Å². The topological polar surface area (TPSA) is 51.1 Å². The maximum absolute atomic E-state index is 14.4. The van der Waals surface area contributed by atoms with E-state index >= 15 is 0 Å². The van der Waals surface area contributed by atoms with Gasteiger partial charge in [-0.15, -0.1) is 0 Å². The van der Waals surface area contributed by atoms with Gasteiger partial charge in [-0.3, -0.25) is 9.69 Å². The average Bonchev–Trinajstić information content (AvgIpc) is 3.17. The minimum atomic E-state index is -0.403. The van der Waals surface area contributed by atoms with E-state index in [1.54, 1.807) is 30.2 Å². The fraction of sp³-hybridized carbons (Fsp3) is 0.407. The lowest BCUT2D eigenvalue weighted by Gasteiger charge is -2.30. The van der Waals surface area contributed by atoms with Crippen LogP contribution in [0.1, 0.15) is 57.4 Å². The number of hydrogen-bond donors (Lipinski definition) is 0. The average molecular weight is 562 g/mol. The van der Waals surface area contributed by atoms with E-state index in [-0.39, 0.29) is 17.6 Å². The summed E-state index contributed by atoms with van der Waals surface area (Å²) in [6, 6.07) is 10.2. The second-order valence-electron chi connectivity index (χ2n) is 8.65. The van der Waals surface area contributed by atoms with Gasteiger partial charge in [0.05, 0.1) is 18.6 Å². The van der Waals surface area contributed by atoms with Crippen LogP contribution in [0.2, 0.25) is 0 Å². The van der Waals surface area contributed by atoms with E-state index < -0.39 is 5.82 Å². The molecule has 1 saturated carbocycles. The molecule has 1 saturated heterocycles. The fourth-order valence-electron chi connectivity index (χ4n) is 4.27. The normalized spacial score (nSPS) is 19.1. The van der Waals surface area contributed by atoms with Crippen LogP contribution >= 0.6 is 27.7 Å². The molecule has 186 valence electrons. The first-order valence-electron chi connectivity index (χ1n) is 12.1. The highest BCUT2D eigenvalue weighted by Gasteiger charge is 2.39. The number of halogens is 2. The smallest absolute Gasteiger partial charge is 0.267 e. The van der Waals surface area contributed by atoms with Gasteiger partial charge in [-0.25, -0.2) is 9.38 Å². The Balaban J connectivity index is 1.68. The molecule has 0 spiro atoms. The molecular weight excluding hydrogens is 531 g/mol. The van der Waals surface area contributed by atoms with Crippen molar-refractivity contribution in [3.05, 3.63) is 57.2 Å². The number of carbonyl (C=O) groups is 1. The van der Waals surface area contributed by atoms with E-state index in [2.05, 4.69) is 27.8 Å². The standard InChI is InChI=1S/C27H30BrFN2O3S/c1-3-4-14-34-24-17-20(28)18(15-23(24)33-2)16-25-26(32)31(19-10-6-5-7-11-19)27(35-25)30-22-13-9-8-12-21(22)29/h8-9,12-13,15-17,19H,3-7,10-11,14H2,1-2H3. The third-order valence-electron chi connectivity index (χ3n) is 6.17. The van der Waals surface area contributed by atoms with Crippen molar-refractivity contribution >= 4 is 50.5 Å². The summed E-state index contributed by atoms with van der Waals surface area (Å²) >= 11 is 4.91. The lowest BCUT2D eigenvalue weighted by molar-refractivity contribution is -0.124. The first-order valence-corrected chi connectivity index (χ1v) is 13.7. The quantitative estimate of drug-likeness (QED) is 0.245. The molecule has 4 rings (SSSR count). The van der Waals surface area contributed by atoms with Gasteiger partial charge in [0.1, 0.15) is 11.5 Å². The first-order chi connectivity index (χ1) is 17.0. The summed E-state index contributed by atoms with van der Waals surface area (Å²) in [6.07, 6.45) is 9.03. The molecule has 2 aromatic carbocycles. The van der Waals surface area contributed by atoms with Gasteiger partial charge in [-0.1, -0.05) is 60.7 Å². The van der Waals surface area contributed by atoms with Crippen molar-refractivity contribution in [2.45, 2.75) is 57.9 Å². The van der Waals surface area contributed by atoms with Crippen LogP contribution in [0.4, 0.5) is 10.1 Å². The number of benzene rings is 2. The van der Waals surface area contributed by atoms with Gasteiger partial charge >= 0.3 is 0 Å². The van der Waals surface area contributed by atoms with E-state index in [1.165, 1.54) is 24.2 Å². The van der Waals surface area contributed by atoms with E-state index in [1.807, 2.05) is 18.2 Å². The number of thioether (sulfide) groups is 1. The van der Waals surface area contributed by atoms with E-state index in [4.69, 9.17) is 9.47 Å². The van der Waals surface area contributed by atoms with Crippen molar-refractivity contribution in [3.63, 3.8) is 0 Å². The molecule has 2 aliphatic rings. The van der Waals surface area contributed by atoms with Gasteiger partial charge in [0.15, 0.2) is 16.7 Å². The molecule has 1 amide bonds. The van der Waals surface area contributed by atoms with Crippen molar-refractivity contribution < 1.29 is 18.7 Å². The van der Waals surface area contributed by atoms with E-state index in [0.717, 1.165) is 48.6 Å². The SMILES string of the molecule is CCCCOc1cc(Br)c(C=C2SC(=Nc3ccccc3F)N(C3CCCCC3)C2=O)cc1OC. The highest BCUT2D eigenvalue weighted by molar-refractivity contribution is 9.10. The van der Waals surface area contributed by atoms with Crippen molar-refractivity contribution in [1.29, 1.82) is 0 Å². The monoisotopic (exact) mass is 560 g/mol. The Morgan fingerprint density at radius 1 is 1.20 bits per heavy atom. The molecule has 0 N–H and O–H groups in total. The lowest BCUT2D eigenvalue weighted by Crippen LogP contribution is -2.40. The number of aliphatic imine (C=N–C) groups is 1. The number of amidine groups is 1. The van der Waals surface area contributed by atoms with Crippen LogP contribution in [0, 0.1) is 5.82 Å². The van der Waals surface area contributed by atoms with Crippen molar-refractivity contribution in [2.75, 3.05) is 13.7 Å². The Labute approximate surface area is 218 Å². The van der Waals surface area contributed by atoms with Gasteiger partial charge < -0.3 is 9.47 Å². The van der Waals surface area contributed by atoms with Crippen LogP contribution in [0.15, 0.2) is 50.8 Å². The largest absolute Gasteiger partial charge is 0.493 e. The Kier molecular flexibility index (Phi) is 8.89. The molecule has 0 unspecified atom stereocenters. The molecule has 1 aliphatic carbocycles. The van der Waals surface area contributed by atoms with Crippen LogP contribution in [0.3, 0.4) is 0 Å². The Morgan fingerprint density at radius 3 is 2.69 bits per heavy atom. The lowest BCUT2D eigenvalue weighted by atomic mass is 9.94. The predicted molar refractivity (Wildman–Crippen MR) is 144 cm³/mol. The second-order valence-corrected chi connectivity index (χ2v) is 10.5. The molecule has 0 radical (unpaired) electrons. The zero-order valence-electron chi connectivity index (χ0n) is 20.1. The zero-order chi connectivity index (χ0) is 24.8. The van der Waals surface area contributed by atoms with Crippen molar-refractivity contribution in [1.82, 2.24) is 4.90 Å². The summed E-state index contributed by atoms with van der Waals surface area (Å²) in [5, 5.41) is 0.529. The first kappa shape index (κ1) is 25.8. The molecular formula is C27H30BrFN2O3S. The third kappa shape index (κ3) is 6.09. The molecule has 2 fully saturated rings. The fourth-order valence-corrected chi connectivity index (χ4v) is 5.75. The third-order valence-corrected chi connectivity index (χ3v) is 7.84. The number of amides is 1. The van der Waals surface area contributed by atoms with Crippen molar-refractivity contribution in [2.24, 2.45) is 4.99 Å². The van der Waals surface area contributed by atoms with Gasteiger partial charge in [0, 0.05) is 10.5 Å². The van der Waals surface area contributed by atoms with Crippen LogP contribution in [-0.4, -0.2) is 35.7 Å². The minimum Gasteiger partial charge on any atom is -0.493 e. The maximum atomic E-state index is 14.4. The van der Waals surface area contributed by atoms with E-state index in [9.17, 15) is 9.18 Å². The molecule has 35 heavy (non-hydrogen) atoms. The predicted octanol–water partition coefficient (Wildman–Crippen LogP) is 7.71. The zero-order valence-corrected chi connectivity index (χ0v) is 22.5. The number of para-hydroxylation sites is 1. The highest BCUT2D eigenvalue weighted by Crippen LogP contribution is 2.41. The number of methoxy groups -OCH3 is 1. The van der Waals surface area contributed by atoms with Crippen LogP contribution < -0.4 is 9.47 Å². The number of rotatable bonds is 8. The molecule has 0 atom stereocenters. The maximum Gasteiger partial charge on any atom is 0.267 e. The molecule has 0 bridgehead atoms. The van der Waals surface area contributed by atoms with Crippen LogP contribution in [0.5, 0.6) is 11.5 Å². The van der Waals surface area contributed by atoms with Crippen LogP contribution in [-0.2, 0) is 4.79 Å². The van der Waals surface area contributed by atoms with Crippen LogP contribution in [0.25, 0.3) is 6.08 Å². The Hall–Kier alpha value is -2.32. The number of ether oxygens (including phenoxy) is 2. The summed E-state index contributed by atoms with van der Waals surface area (Å²) in [7, 11) is 1.60. The number of hydrogen-bond acceptors (Lipinski definition) is 5. The summed E-state index contributed by atoms with van der Waals surface area (Å²) in [5.74, 6) is 0.772. The Morgan fingerprint density at radius 2 is 1.97 bits per heavy atom. The molecule has 8 heteroatoms. The number of carbonyl (C=O) groups excluding carboxylic acids is 1. The van der Waals surface area contributed by atoms with Gasteiger partial charge in [0.2, 0.25) is 0 Å². The molecule has 2 aromatic rings. The summed E-state index contributed by atoms with van der Waals surface area (Å²) < 4.78 is 26.6. The molecule has 5 nitrogen and oxygen atoms in total. The molecule has 0 aromatic heterocycles. The van der Waals surface area contributed by atoms with Gasteiger partial charge in [0.25, 0.3) is 5.91 Å².